The van der Waals surface area contributed by atoms with Crippen LogP contribution in [-0.2, 0) is 4.79 Å². The fourth-order valence-corrected chi connectivity index (χ4v) is 4.38. The lowest BCUT2D eigenvalue weighted by molar-refractivity contribution is -0.149. The lowest BCUT2D eigenvalue weighted by Crippen LogP contribution is -2.37. The van der Waals surface area contributed by atoms with E-state index in [-0.39, 0.29) is 11.8 Å². The summed E-state index contributed by atoms with van der Waals surface area (Å²) in [5.74, 6) is 0.104. The number of carbonyl (C=O) groups is 2. The molecule has 1 saturated carbocycles. The molecule has 0 bridgehead atoms. The third-order valence-corrected chi connectivity index (χ3v) is 5.78. The summed E-state index contributed by atoms with van der Waals surface area (Å²) in [6.45, 7) is 6.90. The zero-order valence-electron chi connectivity index (χ0n) is 15.1. The Morgan fingerprint density at radius 1 is 1.40 bits per heavy atom. The van der Waals surface area contributed by atoms with Gasteiger partial charge < -0.3 is 14.9 Å². The minimum atomic E-state index is -0.753. The summed E-state index contributed by atoms with van der Waals surface area (Å²) in [6.07, 6.45) is 5.19. The average molecular weight is 345 g/mol. The van der Waals surface area contributed by atoms with Crippen molar-refractivity contribution in [2.75, 3.05) is 31.1 Å². The van der Waals surface area contributed by atoms with Gasteiger partial charge in [-0.1, -0.05) is 13.3 Å². The van der Waals surface area contributed by atoms with Gasteiger partial charge in [-0.2, -0.15) is 0 Å². The van der Waals surface area contributed by atoms with E-state index in [4.69, 9.17) is 0 Å². The number of rotatable bonds is 6. The average Bonchev–Trinajstić information content (AvgIpc) is 3.17. The highest BCUT2D eigenvalue weighted by Crippen LogP contribution is 2.49. The molecular formula is C19H27N3O3. The number of fused-ring (bicyclic) bond motifs is 1. The smallest absolute Gasteiger partial charge is 0.311 e. The van der Waals surface area contributed by atoms with E-state index in [0.717, 1.165) is 38.2 Å². The number of carbonyl (C=O) groups excluding carboxylic acids is 1. The second kappa shape index (κ2) is 7.02. The van der Waals surface area contributed by atoms with E-state index in [9.17, 15) is 14.7 Å². The molecule has 1 aliphatic carbocycles. The second-order valence-corrected chi connectivity index (χ2v) is 7.22. The zero-order valence-corrected chi connectivity index (χ0v) is 15.1. The molecule has 0 aromatic carbocycles. The fraction of sp³-hybridized carbons (Fsp3) is 0.632. The molecule has 3 rings (SSSR count). The number of pyridine rings is 1. The highest BCUT2D eigenvalue weighted by atomic mass is 16.4. The maximum Gasteiger partial charge on any atom is 0.311 e. The summed E-state index contributed by atoms with van der Waals surface area (Å²) in [7, 11) is 0. The predicted octanol–water partition coefficient (Wildman–Crippen LogP) is 2.64. The molecule has 1 saturated heterocycles. The third kappa shape index (κ3) is 3.10. The first-order valence-corrected chi connectivity index (χ1v) is 9.25. The van der Waals surface area contributed by atoms with E-state index >= 15 is 0 Å². The van der Waals surface area contributed by atoms with E-state index in [1.165, 1.54) is 0 Å². The van der Waals surface area contributed by atoms with Gasteiger partial charge in [-0.05, 0) is 44.2 Å². The molecule has 25 heavy (non-hydrogen) atoms. The molecule has 1 N–H and O–H groups in total. The van der Waals surface area contributed by atoms with Crippen LogP contribution in [0.2, 0.25) is 0 Å². The number of carboxylic acid groups (broad SMARTS) is 1. The van der Waals surface area contributed by atoms with Gasteiger partial charge in [0, 0.05) is 32.4 Å². The number of carboxylic acids is 1. The van der Waals surface area contributed by atoms with Crippen LogP contribution in [0.5, 0.6) is 0 Å². The summed E-state index contributed by atoms with van der Waals surface area (Å²) >= 11 is 0. The molecule has 0 radical (unpaired) electrons. The van der Waals surface area contributed by atoms with E-state index in [1.54, 1.807) is 11.1 Å². The largest absolute Gasteiger partial charge is 0.481 e. The third-order valence-electron chi connectivity index (χ3n) is 5.78. The van der Waals surface area contributed by atoms with Crippen molar-refractivity contribution in [1.29, 1.82) is 0 Å². The molecule has 2 heterocycles. The molecule has 1 aliphatic heterocycles. The molecule has 136 valence electrons. The number of anilines is 1. The first-order valence-electron chi connectivity index (χ1n) is 9.25. The van der Waals surface area contributed by atoms with Gasteiger partial charge in [0.05, 0.1) is 11.0 Å². The number of aliphatic carboxylic acids is 1. The molecule has 1 amide bonds. The summed E-state index contributed by atoms with van der Waals surface area (Å²) in [5.41, 5.74) is -0.194. The van der Waals surface area contributed by atoms with Crippen molar-refractivity contribution in [2.45, 2.75) is 39.5 Å². The van der Waals surface area contributed by atoms with Gasteiger partial charge in [0.25, 0.3) is 5.91 Å². The molecule has 2 aliphatic rings. The topological polar surface area (TPSA) is 73.7 Å². The molecule has 2 fully saturated rings. The van der Waals surface area contributed by atoms with Crippen LogP contribution in [0.3, 0.4) is 0 Å². The number of amides is 1. The molecule has 0 spiro atoms. The molecule has 0 unspecified atom stereocenters. The number of hydrogen-bond acceptors (Lipinski definition) is 4. The Morgan fingerprint density at radius 2 is 2.20 bits per heavy atom. The van der Waals surface area contributed by atoms with Gasteiger partial charge in [-0.15, -0.1) is 0 Å². The second-order valence-electron chi connectivity index (χ2n) is 7.22. The van der Waals surface area contributed by atoms with Crippen LogP contribution in [0.4, 0.5) is 5.82 Å². The SMILES string of the molecule is CCCN(CC)c1ccc(C(=O)N2C[C@@H]3CCC[C@@]3(C(=O)O)C2)cn1. The fourth-order valence-electron chi connectivity index (χ4n) is 4.38. The lowest BCUT2D eigenvalue weighted by atomic mass is 9.81. The van der Waals surface area contributed by atoms with Gasteiger partial charge in [-0.3, -0.25) is 9.59 Å². The Bertz CT molecular complexity index is 646. The van der Waals surface area contributed by atoms with Crippen molar-refractivity contribution in [2.24, 2.45) is 11.3 Å². The van der Waals surface area contributed by atoms with Gasteiger partial charge >= 0.3 is 5.97 Å². The molecular weight excluding hydrogens is 318 g/mol. The summed E-state index contributed by atoms with van der Waals surface area (Å²) in [6, 6.07) is 3.70. The van der Waals surface area contributed by atoms with Crippen LogP contribution >= 0.6 is 0 Å². The Morgan fingerprint density at radius 3 is 2.76 bits per heavy atom. The van der Waals surface area contributed by atoms with Crippen LogP contribution in [0, 0.1) is 11.3 Å². The van der Waals surface area contributed by atoms with Crippen LogP contribution in [0.1, 0.15) is 49.9 Å². The number of aromatic nitrogens is 1. The standard InChI is InChI=1S/C19H27N3O3/c1-3-10-21(4-2)16-8-7-14(11-20-16)17(23)22-12-15-6-5-9-19(15,13-22)18(24)25/h7-8,11,15H,3-6,9-10,12-13H2,1-2H3,(H,24,25)/t15-,19+/m0/s1. The van der Waals surface area contributed by atoms with Crippen LogP contribution in [-0.4, -0.2) is 53.0 Å². The van der Waals surface area contributed by atoms with Crippen LogP contribution in [0.15, 0.2) is 18.3 Å². The summed E-state index contributed by atoms with van der Waals surface area (Å²) in [5, 5.41) is 9.66. The first-order chi connectivity index (χ1) is 12.0. The lowest BCUT2D eigenvalue weighted by Gasteiger charge is -2.23. The Hall–Kier alpha value is -2.11. The number of nitrogens with zero attached hydrogens (tertiary/aromatic N) is 3. The number of hydrogen-bond donors (Lipinski definition) is 1. The molecule has 1 aromatic rings. The van der Waals surface area contributed by atoms with Crippen molar-refractivity contribution in [3.8, 4) is 0 Å². The number of likely N-dealkylation sites (tertiary alicyclic amines) is 1. The van der Waals surface area contributed by atoms with E-state index in [2.05, 4.69) is 23.7 Å². The van der Waals surface area contributed by atoms with Crippen molar-refractivity contribution in [3.63, 3.8) is 0 Å². The summed E-state index contributed by atoms with van der Waals surface area (Å²) in [4.78, 5) is 32.9. The highest BCUT2D eigenvalue weighted by Gasteiger charge is 2.55. The van der Waals surface area contributed by atoms with Gasteiger partial charge in [0.1, 0.15) is 5.82 Å². The van der Waals surface area contributed by atoms with Gasteiger partial charge in [-0.25, -0.2) is 4.98 Å². The minimum Gasteiger partial charge on any atom is -0.481 e. The van der Waals surface area contributed by atoms with Crippen molar-refractivity contribution in [3.05, 3.63) is 23.9 Å². The minimum absolute atomic E-state index is 0.0846. The molecule has 2 atom stereocenters. The predicted molar refractivity (Wildman–Crippen MR) is 95.7 cm³/mol. The van der Waals surface area contributed by atoms with Gasteiger partial charge in [0.2, 0.25) is 0 Å². The molecule has 6 heteroatoms. The quantitative estimate of drug-likeness (QED) is 0.858. The molecule has 1 aromatic heterocycles. The Labute approximate surface area is 148 Å². The zero-order chi connectivity index (χ0) is 18.0. The van der Waals surface area contributed by atoms with Crippen molar-refractivity contribution >= 4 is 17.7 Å². The van der Waals surface area contributed by atoms with Crippen molar-refractivity contribution in [1.82, 2.24) is 9.88 Å². The monoisotopic (exact) mass is 345 g/mol. The maximum atomic E-state index is 12.8. The van der Waals surface area contributed by atoms with Crippen LogP contribution < -0.4 is 4.90 Å². The van der Waals surface area contributed by atoms with Gasteiger partial charge in [0.15, 0.2) is 0 Å². The van der Waals surface area contributed by atoms with E-state index in [0.29, 0.717) is 25.1 Å². The summed E-state index contributed by atoms with van der Waals surface area (Å²) < 4.78 is 0. The first kappa shape index (κ1) is 17.7. The maximum absolute atomic E-state index is 12.8. The highest BCUT2D eigenvalue weighted by molar-refractivity contribution is 5.95. The van der Waals surface area contributed by atoms with Crippen LogP contribution in [0.25, 0.3) is 0 Å². The Balaban J connectivity index is 1.73. The Kier molecular flexibility index (Phi) is 4.97. The molecule has 6 nitrogen and oxygen atoms in total. The van der Waals surface area contributed by atoms with Crippen molar-refractivity contribution < 1.29 is 14.7 Å². The van der Waals surface area contributed by atoms with E-state index < -0.39 is 11.4 Å². The normalized spacial score (nSPS) is 25.0. The van der Waals surface area contributed by atoms with E-state index in [1.807, 2.05) is 12.1 Å².